The molecule has 2 unspecified atom stereocenters. The minimum Gasteiger partial charge on any atom is -0.479 e. The molecule has 4 heteroatoms. The summed E-state index contributed by atoms with van der Waals surface area (Å²) in [4.78, 5) is 10.9. The van der Waals surface area contributed by atoms with E-state index in [0.717, 1.165) is 19.4 Å². The first-order chi connectivity index (χ1) is 9.62. The molecule has 0 spiro atoms. The van der Waals surface area contributed by atoms with Crippen LogP contribution in [-0.4, -0.2) is 23.7 Å². The van der Waals surface area contributed by atoms with Crippen molar-refractivity contribution in [2.45, 2.75) is 52.2 Å². The van der Waals surface area contributed by atoms with Crippen molar-refractivity contribution in [3.63, 3.8) is 0 Å². The molecule has 0 aliphatic carbocycles. The van der Waals surface area contributed by atoms with Gasteiger partial charge in [-0.1, -0.05) is 32.9 Å². The van der Waals surface area contributed by atoms with Crippen molar-refractivity contribution in [1.29, 1.82) is 0 Å². The lowest BCUT2D eigenvalue weighted by atomic mass is 10.0. The maximum atomic E-state index is 10.9. The number of rotatable bonds is 9. The number of carboxylic acids is 1. The molecule has 0 radical (unpaired) electrons. The molecule has 4 nitrogen and oxygen atoms in total. The Balaban J connectivity index is 2.69. The van der Waals surface area contributed by atoms with Crippen LogP contribution in [0.15, 0.2) is 24.3 Å². The molecule has 0 saturated carbocycles. The number of benzene rings is 1. The van der Waals surface area contributed by atoms with Crippen molar-refractivity contribution in [2.75, 3.05) is 6.54 Å². The topological polar surface area (TPSA) is 58.6 Å². The van der Waals surface area contributed by atoms with E-state index in [1.807, 2.05) is 24.3 Å². The quantitative estimate of drug-likeness (QED) is 0.727. The average molecular weight is 279 g/mol. The fourth-order valence-electron chi connectivity index (χ4n) is 2.07. The lowest BCUT2D eigenvalue weighted by Gasteiger charge is -2.18. The second-order valence-electron chi connectivity index (χ2n) is 4.84. The van der Waals surface area contributed by atoms with E-state index in [1.165, 1.54) is 5.56 Å². The van der Waals surface area contributed by atoms with Crippen molar-refractivity contribution < 1.29 is 14.6 Å². The zero-order chi connectivity index (χ0) is 15.0. The SMILES string of the molecule is CCCNC(CC)c1ccc(OC(CC)C(=O)O)cc1. The van der Waals surface area contributed by atoms with Crippen molar-refractivity contribution >= 4 is 5.97 Å². The van der Waals surface area contributed by atoms with Crippen molar-refractivity contribution in [3.8, 4) is 5.75 Å². The van der Waals surface area contributed by atoms with E-state index in [0.29, 0.717) is 18.2 Å². The van der Waals surface area contributed by atoms with Gasteiger partial charge in [0.05, 0.1) is 0 Å². The summed E-state index contributed by atoms with van der Waals surface area (Å²) in [5, 5.41) is 12.5. The highest BCUT2D eigenvalue weighted by Crippen LogP contribution is 2.21. The third-order valence-corrected chi connectivity index (χ3v) is 3.26. The first kappa shape index (κ1) is 16.5. The molecule has 2 atom stereocenters. The molecular weight excluding hydrogens is 254 g/mol. The predicted molar refractivity (Wildman–Crippen MR) is 80.1 cm³/mol. The fraction of sp³-hybridized carbons (Fsp3) is 0.562. The molecule has 0 heterocycles. The van der Waals surface area contributed by atoms with E-state index >= 15 is 0 Å². The monoisotopic (exact) mass is 279 g/mol. The minimum atomic E-state index is -0.923. The predicted octanol–water partition coefficient (Wildman–Crippen LogP) is 3.38. The Bertz CT molecular complexity index is 403. The van der Waals surface area contributed by atoms with E-state index in [4.69, 9.17) is 9.84 Å². The molecule has 0 fully saturated rings. The third kappa shape index (κ3) is 4.85. The largest absolute Gasteiger partial charge is 0.479 e. The van der Waals surface area contributed by atoms with Crippen LogP contribution in [0.2, 0.25) is 0 Å². The van der Waals surface area contributed by atoms with Crippen LogP contribution in [0, 0.1) is 0 Å². The van der Waals surface area contributed by atoms with Crippen LogP contribution in [0.3, 0.4) is 0 Å². The molecule has 112 valence electrons. The summed E-state index contributed by atoms with van der Waals surface area (Å²) in [5.41, 5.74) is 1.21. The molecule has 0 aliphatic rings. The number of ether oxygens (including phenoxy) is 1. The number of carbonyl (C=O) groups is 1. The van der Waals surface area contributed by atoms with Crippen LogP contribution in [0.4, 0.5) is 0 Å². The van der Waals surface area contributed by atoms with Gasteiger partial charge < -0.3 is 15.2 Å². The maximum Gasteiger partial charge on any atom is 0.344 e. The van der Waals surface area contributed by atoms with Crippen molar-refractivity contribution in [2.24, 2.45) is 0 Å². The van der Waals surface area contributed by atoms with Gasteiger partial charge >= 0.3 is 5.97 Å². The molecule has 1 rings (SSSR count). The van der Waals surface area contributed by atoms with Crippen LogP contribution in [0.1, 0.15) is 51.6 Å². The first-order valence-corrected chi connectivity index (χ1v) is 7.35. The fourth-order valence-corrected chi connectivity index (χ4v) is 2.07. The van der Waals surface area contributed by atoms with E-state index in [-0.39, 0.29) is 0 Å². The van der Waals surface area contributed by atoms with Gasteiger partial charge in [-0.25, -0.2) is 4.79 Å². The van der Waals surface area contributed by atoms with Gasteiger partial charge in [0.2, 0.25) is 0 Å². The molecule has 1 aromatic rings. The van der Waals surface area contributed by atoms with Crippen LogP contribution in [-0.2, 0) is 4.79 Å². The maximum absolute atomic E-state index is 10.9. The highest BCUT2D eigenvalue weighted by molar-refractivity contribution is 5.72. The summed E-state index contributed by atoms with van der Waals surface area (Å²) in [6.07, 6.45) is 1.80. The number of carboxylic acid groups (broad SMARTS) is 1. The van der Waals surface area contributed by atoms with Gasteiger partial charge in [-0.15, -0.1) is 0 Å². The normalized spacial score (nSPS) is 13.8. The Labute approximate surface area is 121 Å². The molecule has 0 aromatic heterocycles. The van der Waals surface area contributed by atoms with Gasteiger partial charge in [-0.05, 0) is 43.5 Å². The second-order valence-corrected chi connectivity index (χ2v) is 4.84. The molecule has 0 bridgehead atoms. The number of hydrogen-bond donors (Lipinski definition) is 2. The zero-order valence-electron chi connectivity index (χ0n) is 12.6. The summed E-state index contributed by atoms with van der Waals surface area (Å²) >= 11 is 0. The standard InChI is InChI=1S/C16H25NO3/c1-4-11-17-14(5-2)12-7-9-13(10-8-12)20-15(6-3)16(18)19/h7-10,14-15,17H,4-6,11H2,1-3H3,(H,18,19). The van der Waals surface area contributed by atoms with Gasteiger partial charge in [0.15, 0.2) is 6.10 Å². The van der Waals surface area contributed by atoms with Crippen LogP contribution < -0.4 is 10.1 Å². The highest BCUT2D eigenvalue weighted by atomic mass is 16.5. The number of aliphatic carboxylic acids is 1. The Morgan fingerprint density at radius 2 is 1.85 bits per heavy atom. The Morgan fingerprint density at radius 3 is 2.30 bits per heavy atom. The lowest BCUT2D eigenvalue weighted by molar-refractivity contribution is -0.145. The van der Waals surface area contributed by atoms with Gasteiger partial charge in [-0.3, -0.25) is 0 Å². The van der Waals surface area contributed by atoms with E-state index in [9.17, 15) is 4.79 Å². The summed E-state index contributed by atoms with van der Waals surface area (Å²) in [7, 11) is 0. The Hall–Kier alpha value is -1.55. The Morgan fingerprint density at radius 1 is 1.20 bits per heavy atom. The molecule has 20 heavy (non-hydrogen) atoms. The van der Waals surface area contributed by atoms with Gasteiger partial charge in [0, 0.05) is 6.04 Å². The van der Waals surface area contributed by atoms with Gasteiger partial charge in [-0.2, -0.15) is 0 Å². The summed E-state index contributed by atoms with van der Waals surface area (Å²) in [6, 6.07) is 8.03. The summed E-state index contributed by atoms with van der Waals surface area (Å²) in [6.45, 7) is 7.09. The van der Waals surface area contributed by atoms with E-state index < -0.39 is 12.1 Å². The lowest BCUT2D eigenvalue weighted by Crippen LogP contribution is -2.26. The number of hydrogen-bond acceptors (Lipinski definition) is 3. The first-order valence-electron chi connectivity index (χ1n) is 7.35. The summed E-state index contributed by atoms with van der Waals surface area (Å²) in [5.74, 6) is -0.319. The summed E-state index contributed by atoms with van der Waals surface area (Å²) < 4.78 is 5.45. The minimum absolute atomic E-state index is 0.338. The highest BCUT2D eigenvalue weighted by Gasteiger charge is 2.16. The van der Waals surface area contributed by atoms with Crippen LogP contribution >= 0.6 is 0 Å². The van der Waals surface area contributed by atoms with E-state index in [1.54, 1.807) is 6.92 Å². The molecule has 0 aliphatic heterocycles. The third-order valence-electron chi connectivity index (χ3n) is 3.26. The average Bonchev–Trinajstić information content (AvgIpc) is 2.46. The second kappa shape index (κ2) is 8.59. The van der Waals surface area contributed by atoms with Crippen LogP contribution in [0.25, 0.3) is 0 Å². The molecule has 1 aromatic carbocycles. The number of nitrogens with one attached hydrogen (secondary N) is 1. The zero-order valence-corrected chi connectivity index (χ0v) is 12.6. The van der Waals surface area contributed by atoms with Gasteiger partial charge in [0.25, 0.3) is 0 Å². The Kier molecular flexibility index (Phi) is 7.09. The van der Waals surface area contributed by atoms with E-state index in [2.05, 4.69) is 19.2 Å². The molecule has 0 saturated heterocycles. The smallest absolute Gasteiger partial charge is 0.344 e. The molecular formula is C16H25NO3. The van der Waals surface area contributed by atoms with Gasteiger partial charge in [0.1, 0.15) is 5.75 Å². The molecule has 0 amide bonds. The molecule has 2 N–H and O–H groups in total. The van der Waals surface area contributed by atoms with Crippen molar-refractivity contribution in [1.82, 2.24) is 5.32 Å². The van der Waals surface area contributed by atoms with Crippen LogP contribution in [0.5, 0.6) is 5.75 Å². The van der Waals surface area contributed by atoms with Crippen molar-refractivity contribution in [3.05, 3.63) is 29.8 Å².